The lowest BCUT2D eigenvalue weighted by Crippen LogP contribution is -2.38. The van der Waals surface area contributed by atoms with Crippen LogP contribution in [0.4, 0.5) is 0 Å². The maximum Gasteiger partial charge on any atom is 0.135 e. The fourth-order valence-electron chi connectivity index (χ4n) is 3.89. The minimum Gasteiger partial charge on any atom is -0.237 e. The summed E-state index contributed by atoms with van der Waals surface area (Å²) >= 11 is 1.57. The van der Waals surface area contributed by atoms with E-state index < -0.39 is 11.0 Å². The quantitative estimate of drug-likeness (QED) is 0.524. The standard InChI is InChI=1S/C17H19NOS2.4C2H6/c19-21(16-6-3-9-20-16)18-17-14-7-8-15(17)11-13-5-2-1-4-12(13)10-14;4*1-2/h1-6,9,14-15,17-18H,7-8,10-11H2;4*1-2H3/t14-,15?,17?,21?;;;;/m0..../s1. The van der Waals surface area contributed by atoms with Crippen LogP contribution >= 0.6 is 11.3 Å². The summed E-state index contributed by atoms with van der Waals surface area (Å²) < 4.78 is 16.9. The molecule has 1 fully saturated rings. The van der Waals surface area contributed by atoms with Crippen LogP contribution in [0.25, 0.3) is 0 Å². The zero-order valence-electron chi connectivity index (χ0n) is 19.8. The molecule has 4 atom stereocenters. The smallest absolute Gasteiger partial charge is 0.135 e. The first-order valence-corrected chi connectivity index (χ1v) is 13.6. The van der Waals surface area contributed by atoms with Gasteiger partial charge in [0, 0.05) is 6.04 Å². The summed E-state index contributed by atoms with van der Waals surface area (Å²) in [5.74, 6) is 1.25. The number of thiophene rings is 1. The van der Waals surface area contributed by atoms with Crippen molar-refractivity contribution in [2.75, 3.05) is 0 Å². The molecule has 0 spiro atoms. The zero-order chi connectivity index (χ0) is 22.2. The normalized spacial score (nSPS) is 21.7. The highest BCUT2D eigenvalue weighted by Crippen LogP contribution is 2.40. The van der Waals surface area contributed by atoms with Gasteiger partial charge in [-0.05, 0) is 60.1 Å². The van der Waals surface area contributed by atoms with Crippen LogP contribution in [0.2, 0.25) is 0 Å². The van der Waals surface area contributed by atoms with Crippen molar-refractivity contribution in [2.45, 2.75) is 91.3 Å². The van der Waals surface area contributed by atoms with Crippen LogP contribution in [0, 0.1) is 11.8 Å². The first kappa shape index (κ1) is 28.0. The first-order chi connectivity index (χ1) is 14.3. The summed E-state index contributed by atoms with van der Waals surface area (Å²) in [6.45, 7) is 16.0. The average Bonchev–Trinajstić information content (AvgIpc) is 3.43. The number of fused-ring (bicyclic) bond motifs is 3. The third kappa shape index (κ3) is 7.99. The number of hydrogen-bond donors (Lipinski definition) is 1. The Balaban J connectivity index is 0.000000881. The van der Waals surface area contributed by atoms with Gasteiger partial charge in [-0.25, -0.2) is 8.93 Å². The minimum atomic E-state index is -1.06. The molecule has 1 aromatic heterocycles. The summed E-state index contributed by atoms with van der Waals surface area (Å²) in [6.07, 6.45) is 4.79. The highest BCUT2D eigenvalue weighted by molar-refractivity contribution is 7.85. The lowest BCUT2D eigenvalue weighted by atomic mass is 9.94. The van der Waals surface area contributed by atoms with Gasteiger partial charge in [0.2, 0.25) is 0 Å². The molecule has 2 aliphatic rings. The Bertz CT molecular complexity index is 622. The van der Waals surface area contributed by atoms with Crippen LogP contribution in [0.15, 0.2) is 46.0 Å². The van der Waals surface area contributed by atoms with Crippen LogP contribution in [0.5, 0.6) is 0 Å². The van der Waals surface area contributed by atoms with Crippen molar-refractivity contribution < 1.29 is 4.21 Å². The number of nitrogens with one attached hydrogen (secondary N) is 1. The van der Waals surface area contributed by atoms with E-state index >= 15 is 0 Å². The summed E-state index contributed by atoms with van der Waals surface area (Å²) in [5.41, 5.74) is 3.00. The maximum atomic E-state index is 12.5. The van der Waals surface area contributed by atoms with E-state index in [4.69, 9.17) is 0 Å². The molecular formula is C25H43NOS2. The first-order valence-electron chi connectivity index (χ1n) is 11.6. The van der Waals surface area contributed by atoms with Gasteiger partial charge in [0.1, 0.15) is 15.2 Å². The van der Waals surface area contributed by atoms with E-state index in [0.717, 1.165) is 17.1 Å². The molecule has 3 unspecified atom stereocenters. The van der Waals surface area contributed by atoms with Crippen LogP contribution < -0.4 is 4.72 Å². The topological polar surface area (TPSA) is 29.1 Å². The van der Waals surface area contributed by atoms with E-state index in [0.29, 0.717) is 17.9 Å². The molecule has 2 bridgehead atoms. The molecule has 2 nitrogen and oxygen atoms in total. The molecule has 0 radical (unpaired) electrons. The second-order valence-corrected chi connectivity index (χ2v) is 8.54. The Hall–Kier alpha value is -0.970. The molecule has 0 saturated heterocycles. The van der Waals surface area contributed by atoms with Gasteiger partial charge >= 0.3 is 0 Å². The van der Waals surface area contributed by atoms with Crippen LogP contribution in [-0.4, -0.2) is 10.3 Å². The fourth-order valence-corrected chi connectivity index (χ4v) is 5.95. The molecule has 1 N–H and O–H groups in total. The van der Waals surface area contributed by atoms with Gasteiger partial charge in [-0.2, -0.15) is 0 Å². The molecule has 4 heteroatoms. The third-order valence-corrected chi connectivity index (χ3v) is 7.32. The zero-order valence-corrected chi connectivity index (χ0v) is 21.5. The SMILES string of the molecule is CC.CC.CC.CC.O=S(NC1C2CC[C@H]1Cc1ccccc1C2)c1cccs1. The van der Waals surface area contributed by atoms with E-state index in [9.17, 15) is 4.21 Å². The predicted molar refractivity (Wildman–Crippen MR) is 133 cm³/mol. The van der Waals surface area contributed by atoms with Crippen molar-refractivity contribution in [3.05, 3.63) is 52.9 Å². The van der Waals surface area contributed by atoms with Crippen LogP contribution in [-0.2, 0) is 23.8 Å². The Morgan fingerprint density at radius 1 is 0.793 bits per heavy atom. The Labute approximate surface area is 187 Å². The monoisotopic (exact) mass is 437 g/mol. The maximum absolute atomic E-state index is 12.5. The van der Waals surface area contributed by atoms with Gasteiger partial charge in [0.15, 0.2) is 0 Å². The number of rotatable bonds is 3. The molecular weight excluding hydrogens is 394 g/mol. The van der Waals surface area contributed by atoms with Crippen LogP contribution in [0.3, 0.4) is 0 Å². The molecule has 2 aliphatic carbocycles. The highest BCUT2D eigenvalue weighted by atomic mass is 32.2. The predicted octanol–water partition coefficient (Wildman–Crippen LogP) is 7.66. The minimum absolute atomic E-state index is 0.389. The van der Waals surface area contributed by atoms with Gasteiger partial charge < -0.3 is 0 Å². The molecule has 0 aliphatic heterocycles. The molecule has 166 valence electrons. The molecule has 1 aromatic carbocycles. The van der Waals surface area contributed by atoms with Crippen molar-refractivity contribution in [3.8, 4) is 0 Å². The van der Waals surface area contributed by atoms with Crippen molar-refractivity contribution >= 4 is 22.3 Å². The second kappa shape index (κ2) is 16.8. The van der Waals surface area contributed by atoms with Gasteiger partial charge in [0.05, 0.1) is 0 Å². The molecule has 2 aromatic rings. The van der Waals surface area contributed by atoms with Crippen LogP contribution in [0.1, 0.15) is 79.4 Å². The van der Waals surface area contributed by atoms with E-state index in [1.54, 1.807) is 11.3 Å². The van der Waals surface area contributed by atoms with Crippen molar-refractivity contribution in [1.29, 1.82) is 0 Å². The average molecular weight is 438 g/mol. The van der Waals surface area contributed by atoms with E-state index in [2.05, 4.69) is 29.0 Å². The van der Waals surface area contributed by atoms with E-state index in [1.807, 2.05) is 72.9 Å². The number of benzene rings is 1. The van der Waals surface area contributed by atoms with E-state index in [1.165, 1.54) is 24.0 Å². The molecule has 29 heavy (non-hydrogen) atoms. The van der Waals surface area contributed by atoms with Crippen molar-refractivity contribution in [3.63, 3.8) is 0 Å². The lowest BCUT2D eigenvalue weighted by Gasteiger charge is -2.22. The summed E-state index contributed by atoms with van der Waals surface area (Å²) in [4.78, 5) is 0. The van der Waals surface area contributed by atoms with E-state index in [-0.39, 0.29) is 0 Å². The largest absolute Gasteiger partial charge is 0.237 e. The summed E-state index contributed by atoms with van der Waals surface area (Å²) in [7, 11) is -1.06. The Kier molecular flexibility index (Phi) is 16.2. The van der Waals surface area contributed by atoms with Gasteiger partial charge in [0.25, 0.3) is 0 Å². The molecule has 1 saturated carbocycles. The number of hydrogen-bond acceptors (Lipinski definition) is 2. The molecule has 0 amide bonds. The summed E-state index contributed by atoms with van der Waals surface area (Å²) in [6, 6.07) is 13.1. The van der Waals surface area contributed by atoms with Gasteiger partial charge in [-0.3, -0.25) is 0 Å². The second-order valence-electron chi connectivity index (χ2n) is 6.12. The Morgan fingerprint density at radius 3 is 1.69 bits per heavy atom. The molecule has 4 rings (SSSR count). The lowest BCUT2D eigenvalue weighted by molar-refractivity contribution is 0.394. The third-order valence-electron chi connectivity index (χ3n) is 4.93. The van der Waals surface area contributed by atoms with Gasteiger partial charge in [-0.15, -0.1) is 11.3 Å². The van der Waals surface area contributed by atoms with Crippen molar-refractivity contribution in [1.82, 2.24) is 4.72 Å². The van der Waals surface area contributed by atoms with Gasteiger partial charge in [-0.1, -0.05) is 85.7 Å². The molecule has 1 heterocycles. The highest BCUT2D eigenvalue weighted by Gasteiger charge is 2.39. The Morgan fingerprint density at radius 2 is 1.28 bits per heavy atom. The fraction of sp³-hybridized carbons (Fsp3) is 0.600. The summed E-state index contributed by atoms with van der Waals surface area (Å²) in [5, 5.41) is 1.99. The van der Waals surface area contributed by atoms with Crippen molar-refractivity contribution in [2.24, 2.45) is 11.8 Å².